The summed E-state index contributed by atoms with van der Waals surface area (Å²) >= 11 is 5.76. The van der Waals surface area contributed by atoms with Gasteiger partial charge in [-0.25, -0.2) is 5.43 Å². The van der Waals surface area contributed by atoms with Gasteiger partial charge in [-0.15, -0.1) is 0 Å². The summed E-state index contributed by atoms with van der Waals surface area (Å²) in [5.41, 5.74) is 3.91. The second-order valence-electron chi connectivity index (χ2n) is 4.76. The average Bonchev–Trinajstić information content (AvgIpc) is 2.56. The standard InChI is InChI=1S/C17H16ClN3O2/c18-14-6-8-15(9-7-14)20-16(22)10-11-17(23)21-19-12-13-4-2-1-3-5-13/h1-9,12H,10-11H2,(H,20,22)(H,21,23)/b19-12+. The number of amides is 2. The number of benzene rings is 2. The van der Waals surface area contributed by atoms with Gasteiger partial charge in [-0.2, -0.15) is 5.10 Å². The van der Waals surface area contributed by atoms with E-state index in [4.69, 9.17) is 11.6 Å². The molecule has 0 heterocycles. The third kappa shape index (κ3) is 6.32. The molecule has 0 aliphatic rings. The van der Waals surface area contributed by atoms with Crippen molar-refractivity contribution >= 4 is 35.3 Å². The number of carbonyl (C=O) groups excluding carboxylic acids is 2. The molecular weight excluding hydrogens is 314 g/mol. The van der Waals surface area contributed by atoms with Gasteiger partial charge in [0.2, 0.25) is 11.8 Å². The molecule has 0 bridgehead atoms. The number of hydrogen-bond acceptors (Lipinski definition) is 3. The normalized spacial score (nSPS) is 10.5. The smallest absolute Gasteiger partial charge is 0.240 e. The Kier molecular flexibility index (Phi) is 6.32. The van der Waals surface area contributed by atoms with Crippen molar-refractivity contribution in [1.29, 1.82) is 0 Å². The first-order chi connectivity index (χ1) is 11.1. The van der Waals surface area contributed by atoms with Gasteiger partial charge in [0.25, 0.3) is 0 Å². The molecule has 2 aromatic carbocycles. The Morgan fingerprint density at radius 3 is 2.30 bits per heavy atom. The monoisotopic (exact) mass is 329 g/mol. The van der Waals surface area contributed by atoms with Crippen molar-refractivity contribution in [3.8, 4) is 0 Å². The molecule has 6 heteroatoms. The van der Waals surface area contributed by atoms with Crippen LogP contribution in [0.4, 0.5) is 5.69 Å². The predicted molar refractivity (Wildman–Crippen MR) is 91.5 cm³/mol. The van der Waals surface area contributed by atoms with Crippen molar-refractivity contribution in [2.75, 3.05) is 5.32 Å². The van der Waals surface area contributed by atoms with E-state index < -0.39 is 0 Å². The Balaban J connectivity index is 1.70. The molecule has 2 N–H and O–H groups in total. The lowest BCUT2D eigenvalue weighted by Crippen LogP contribution is -2.20. The van der Waals surface area contributed by atoms with Crippen molar-refractivity contribution < 1.29 is 9.59 Å². The van der Waals surface area contributed by atoms with Gasteiger partial charge in [0.1, 0.15) is 0 Å². The van der Waals surface area contributed by atoms with Crippen molar-refractivity contribution in [3.05, 3.63) is 65.2 Å². The summed E-state index contributed by atoms with van der Waals surface area (Å²) in [5, 5.41) is 7.13. The third-order valence-corrected chi connectivity index (χ3v) is 3.16. The van der Waals surface area contributed by atoms with Crippen LogP contribution in [0.3, 0.4) is 0 Å². The molecule has 0 radical (unpaired) electrons. The number of rotatable bonds is 6. The molecule has 0 aliphatic carbocycles. The van der Waals surface area contributed by atoms with E-state index in [2.05, 4.69) is 15.8 Å². The molecule has 0 fully saturated rings. The average molecular weight is 330 g/mol. The summed E-state index contributed by atoms with van der Waals surface area (Å²) in [6.45, 7) is 0. The molecule has 0 atom stereocenters. The summed E-state index contributed by atoms with van der Waals surface area (Å²) in [4.78, 5) is 23.3. The van der Waals surface area contributed by atoms with Gasteiger partial charge in [0.15, 0.2) is 0 Å². The van der Waals surface area contributed by atoms with Crippen LogP contribution in [0.15, 0.2) is 59.7 Å². The predicted octanol–water partition coefficient (Wildman–Crippen LogP) is 3.21. The van der Waals surface area contributed by atoms with Crippen LogP contribution >= 0.6 is 11.6 Å². The molecule has 23 heavy (non-hydrogen) atoms. The van der Waals surface area contributed by atoms with Crippen LogP contribution in [0.5, 0.6) is 0 Å². The molecule has 0 spiro atoms. The van der Waals surface area contributed by atoms with Crippen LogP contribution in [0.25, 0.3) is 0 Å². The minimum Gasteiger partial charge on any atom is -0.326 e. The van der Waals surface area contributed by atoms with Gasteiger partial charge in [0, 0.05) is 23.6 Å². The summed E-state index contributed by atoms with van der Waals surface area (Å²) < 4.78 is 0. The van der Waals surface area contributed by atoms with Gasteiger partial charge >= 0.3 is 0 Å². The Labute approximate surface area is 139 Å². The lowest BCUT2D eigenvalue weighted by atomic mass is 10.2. The van der Waals surface area contributed by atoms with Crippen LogP contribution < -0.4 is 10.7 Å². The zero-order valence-electron chi connectivity index (χ0n) is 12.3. The van der Waals surface area contributed by atoms with E-state index in [1.54, 1.807) is 30.5 Å². The van der Waals surface area contributed by atoms with Gasteiger partial charge in [-0.1, -0.05) is 41.9 Å². The van der Waals surface area contributed by atoms with E-state index in [0.29, 0.717) is 10.7 Å². The summed E-state index contributed by atoms with van der Waals surface area (Å²) in [6.07, 6.45) is 1.69. The number of nitrogens with zero attached hydrogens (tertiary/aromatic N) is 1. The zero-order valence-corrected chi connectivity index (χ0v) is 13.1. The Bertz CT molecular complexity index is 685. The number of hydrazone groups is 1. The topological polar surface area (TPSA) is 70.6 Å². The lowest BCUT2D eigenvalue weighted by Gasteiger charge is -2.04. The second-order valence-corrected chi connectivity index (χ2v) is 5.20. The molecule has 2 aromatic rings. The number of anilines is 1. The largest absolute Gasteiger partial charge is 0.326 e. The third-order valence-electron chi connectivity index (χ3n) is 2.91. The highest BCUT2D eigenvalue weighted by Crippen LogP contribution is 2.13. The molecule has 2 rings (SSSR count). The van der Waals surface area contributed by atoms with Crippen LogP contribution in [-0.4, -0.2) is 18.0 Å². The first kappa shape index (κ1) is 16.7. The Morgan fingerprint density at radius 1 is 0.957 bits per heavy atom. The number of halogens is 1. The number of hydrogen-bond donors (Lipinski definition) is 2. The van der Waals surface area contributed by atoms with Gasteiger partial charge in [0.05, 0.1) is 6.21 Å². The van der Waals surface area contributed by atoms with E-state index in [1.807, 2.05) is 30.3 Å². The van der Waals surface area contributed by atoms with E-state index in [0.717, 1.165) is 5.56 Å². The molecule has 118 valence electrons. The van der Waals surface area contributed by atoms with E-state index in [1.165, 1.54) is 0 Å². The van der Waals surface area contributed by atoms with Crippen LogP contribution in [-0.2, 0) is 9.59 Å². The van der Waals surface area contributed by atoms with E-state index >= 15 is 0 Å². The van der Waals surface area contributed by atoms with Gasteiger partial charge in [-0.05, 0) is 29.8 Å². The molecule has 0 aliphatic heterocycles. The highest BCUT2D eigenvalue weighted by Gasteiger charge is 2.06. The minimum atomic E-state index is -0.316. The van der Waals surface area contributed by atoms with Crippen molar-refractivity contribution in [2.45, 2.75) is 12.8 Å². The highest BCUT2D eigenvalue weighted by molar-refractivity contribution is 6.30. The van der Waals surface area contributed by atoms with E-state index in [-0.39, 0.29) is 24.7 Å². The Hall–Kier alpha value is -2.66. The summed E-state index contributed by atoms with van der Waals surface area (Å²) in [7, 11) is 0. The number of carbonyl (C=O) groups is 2. The molecule has 0 saturated carbocycles. The minimum absolute atomic E-state index is 0.0611. The maximum absolute atomic E-state index is 11.7. The molecule has 5 nitrogen and oxygen atoms in total. The van der Waals surface area contributed by atoms with Crippen LogP contribution in [0.2, 0.25) is 5.02 Å². The quantitative estimate of drug-likeness (QED) is 0.631. The van der Waals surface area contributed by atoms with Crippen molar-refractivity contribution in [2.24, 2.45) is 5.10 Å². The van der Waals surface area contributed by atoms with Gasteiger partial charge in [-0.3, -0.25) is 9.59 Å². The fourth-order valence-electron chi connectivity index (χ4n) is 1.76. The molecule has 2 amide bonds. The maximum atomic E-state index is 11.7. The summed E-state index contributed by atoms with van der Waals surface area (Å²) in [5.74, 6) is -0.557. The first-order valence-electron chi connectivity index (χ1n) is 7.06. The van der Waals surface area contributed by atoms with Crippen molar-refractivity contribution in [1.82, 2.24) is 5.43 Å². The fraction of sp³-hybridized carbons (Fsp3) is 0.118. The highest BCUT2D eigenvalue weighted by atomic mass is 35.5. The van der Waals surface area contributed by atoms with E-state index in [9.17, 15) is 9.59 Å². The molecule has 0 saturated heterocycles. The zero-order chi connectivity index (χ0) is 16.5. The molecule has 0 aromatic heterocycles. The summed E-state index contributed by atoms with van der Waals surface area (Å²) in [6, 6.07) is 16.2. The first-order valence-corrected chi connectivity index (χ1v) is 7.43. The van der Waals surface area contributed by atoms with Crippen LogP contribution in [0.1, 0.15) is 18.4 Å². The fourth-order valence-corrected chi connectivity index (χ4v) is 1.88. The van der Waals surface area contributed by atoms with Crippen LogP contribution in [0, 0.1) is 0 Å². The molecular formula is C17H16ClN3O2. The SMILES string of the molecule is O=C(CCC(=O)Nc1ccc(Cl)cc1)N/N=C/c1ccccc1. The molecule has 0 unspecified atom stereocenters. The Morgan fingerprint density at radius 2 is 1.61 bits per heavy atom. The maximum Gasteiger partial charge on any atom is 0.240 e. The van der Waals surface area contributed by atoms with Crippen molar-refractivity contribution in [3.63, 3.8) is 0 Å². The lowest BCUT2D eigenvalue weighted by molar-refractivity contribution is -0.124. The number of nitrogens with one attached hydrogen (secondary N) is 2. The second kappa shape index (κ2) is 8.70. The van der Waals surface area contributed by atoms with Gasteiger partial charge < -0.3 is 5.32 Å².